The van der Waals surface area contributed by atoms with Gasteiger partial charge < -0.3 is 20.5 Å². The Hall–Kier alpha value is -2.75. The number of nitriles is 1. The zero-order valence-electron chi connectivity index (χ0n) is 17.5. The molecule has 0 heterocycles. The van der Waals surface area contributed by atoms with Gasteiger partial charge in [0.25, 0.3) is 5.91 Å². The molecule has 2 amide bonds. The Morgan fingerprint density at radius 2 is 2.03 bits per heavy atom. The first-order valence-electron chi connectivity index (χ1n) is 10.7. The van der Waals surface area contributed by atoms with Crippen molar-refractivity contribution in [3.8, 4) is 17.6 Å². The van der Waals surface area contributed by atoms with Crippen LogP contribution in [-0.2, 0) is 4.79 Å². The summed E-state index contributed by atoms with van der Waals surface area (Å²) in [4.78, 5) is 26.1. The summed E-state index contributed by atoms with van der Waals surface area (Å²) in [6.45, 7) is 2.90. The van der Waals surface area contributed by atoms with Crippen LogP contribution in [0.2, 0.25) is 0 Å². The largest absolute Gasteiger partial charge is 0.507 e. The highest BCUT2D eigenvalue weighted by molar-refractivity contribution is 5.98. The van der Waals surface area contributed by atoms with Crippen LogP contribution in [-0.4, -0.2) is 36.6 Å². The summed E-state index contributed by atoms with van der Waals surface area (Å²) in [5, 5.41) is 25.3. The molecular weight excluding hydrogens is 382 g/mol. The molecule has 2 bridgehead atoms. The number of phenols is 1. The van der Waals surface area contributed by atoms with Crippen LogP contribution in [0.4, 0.5) is 0 Å². The smallest absolute Gasteiger partial charge is 0.255 e. The van der Waals surface area contributed by atoms with E-state index in [1.807, 2.05) is 6.07 Å². The quantitative estimate of drug-likeness (QED) is 0.666. The second-order valence-electron chi connectivity index (χ2n) is 9.42. The molecule has 3 saturated carbocycles. The van der Waals surface area contributed by atoms with Gasteiger partial charge in [-0.15, -0.1) is 0 Å². The standard InChI is InChI=1S/C23H29N3O4/c1-23(6-3-7-23)12-25-22(29)19-13-4-5-14(8-13)20(19)26-21(28)16-10-17(27)15(11-24)9-18(16)30-2/h9-10,13-14,19-20,27H,3-8,12H2,1-2H3,(H,25,29)(H,26,28)/t13-,14+,19-,20+/m0/s1. The summed E-state index contributed by atoms with van der Waals surface area (Å²) in [6.07, 6.45) is 6.49. The van der Waals surface area contributed by atoms with Gasteiger partial charge in [-0.1, -0.05) is 13.3 Å². The van der Waals surface area contributed by atoms with Crippen molar-refractivity contribution in [2.45, 2.75) is 51.5 Å². The Balaban J connectivity index is 1.50. The summed E-state index contributed by atoms with van der Waals surface area (Å²) in [5.41, 5.74) is 0.419. The van der Waals surface area contributed by atoms with Crippen molar-refractivity contribution in [3.63, 3.8) is 0 Å². The van der Waals surface area contributed by atoms with Crippen LogP contribution in [0.25, 0.3) is 0 Å². The number of aromatic hydroxyl groups is 1. The second-order valence-corrected chi connectivity index (χ2v) is 9.42. The Labute approximate surface area is 176 Å². The molecule has 0 spiro atoms. The average molecular weight is 412 g/mol. The van der Waals surface area contributed by atoms with Gasteiger partial charge >= 0.3 is 0 Å². The van der Waals surface area contributed by atoms with E-state index in [0.717, 1.165) is 32.1 Å². The number of fused-ring (bicyclic) bond motifs is 2. The first-order chi connectivity index (χ1) is 14.3. The minimum absolute atomic E-state index is 0.0373. The zero-order chi connectivity index (χ0) is 21.5. The van der Waals surface area contributed by atoms with Gasteiger partial charge in [-0.25, -0.2) is 0 Å². The van der Waals surface area contributed by atoms with Crippen molar-refractivity contribution >= 4 is 11.8 Å². The lowest BCUT2D eigenvalue weighted by Crippen LogP contribution is -2.51. The third-order valence-corrected chi connectivity index (χ3v) is 7.45. The molecule has 0 unspecified atom stereocenters. The van der Waals surface area contributed by atoms with Gasteiger partial charge in [-0.05, 0) is 55.4 Å². The van der Waals surface area contributed by atoms with Crippen LogP contribution >= 0.6 is 0 Å². The van der Waals surface area contributed by atoms with Crippen molar-refractivity contribution < 1.29 is 19.4 Å². The van der Waals surface area contributed by atoms with Gasteiger partial charge in [0.15, 0.2) is 0 Å². The molecule has 0 radical (unpaired) electrons. The summed E-state index contributed by atoms with van der Waals surface area (Å²) >= 11 is 0. The van der Waals surface area contributed by atoms with E-state index in [0.29, 0.717) is 12.5 Å². The maximum Gasteiger partial charge on any atom is 0.255 e. The van der Waals surface area contributed by atoms with Crippen LogP contribution in [0.1, 0.15) is 61.4 Å². The summed E-state index contributed by atoms with van der Waals surface area (Å²) in [5.74, 6) is -0.0429. The molecule has 4 atom stereocenters. The Bertz CT molecular complexity index is 902. The third kappa shape index (κ3) is 3.60. The van der Waals surface area contributed by atoms with Gasteiger partial charge in [-0.3, -0.25) is 9.59 Å². The number of carbonyl (C=O) groups excluding carboxylic acids is 2. The van der Waals surface area contributed by atoms with Gasteiger partial charge in [0.1, 0.15) is 17.6 Å². The molecule has 7 nitrogen and oxygen atoms in total. The molecule has 3 aliphatic rings. The molecule has 3 fully saturated rings. The number of hydrogen-bond acceptors (Lipinski definition) is 5. The van der Waals surface area contributed by atoms with Crippen LogP contribution in [0.5, 0.6) is 11.5 Å². The summed E-state index contributed by atoms with van der Waals surface area (Å²) < 4.78 is 5.26. The number of hydrogen-bond donors (Lipinski definition) is 3. The van der Waals surface area contributed by atoms with Crippen LogP contribution in [0.15, 0.2) is 12.1 Å². The number of rotatable bonds is 6. The highest BCUT2D eigenvalue weighted by atomic mass is 16.5. The number of ether oxygens (including phenoxy) is 1. The first kappa shape index (κ1) is 20.5. The molecule has 0 aromatic heterocycles. The Morgan fingerprint density at radius 1 is 1.30 bits per heavy atom. The minimum atomic E-state index is -0.395. The number of amides is 2. The lowest BCUT2D eigenvalue weighted by Gasteiger charge is -2.39. The molecule has 3 aliphatic carbocycles. The molecular formula is C23H29N3O4. The highest BCUT2D eigenvalue weighted by Gasteiger charge is 2.51. The molecule has 3 N–H and O–H groups in total. The number of nitrogens with one attached hydrogen (secondary N) is 2. The summed E-state index contributed by atoms with van der Waals surface area (Å²) in [6, 6.07) is 4.26. The first-order valence-corrected chi connectivity index (χ1v) is 10.7. The zero-order valence-corrected chi connectivity index (χ0v) is 17.5. The molecule has 1 aromatic rings. The van der Waals surface area contributed by atoms with Crippen molar-refractivity contribution in [1.82, 2.24) is 10.6 Å². The average Bonchev–Trinajstić information content (AvgIpc) is 3.32. The van der Waals surface area contributed by atoms with Gasteiger partial charge in [0.05, 0.1) is 24.2 Å². The molecule has 0 aliphatic heterocycles. The van der Waals surface area contributed by atoms with Crippen LogP contribution in [0, 0.1) is 34.5 Å². The molecule has 7 heteroatoms. The molecule has 0 saturated heterocycles. The fraction of sp³-hybridized carbons (Fsp3) is 0.609. The van der Waals surface area contributed by atoms with E-state index in [1.165, 1.54) is 25.7 Å². The fourth-order valence-electron chi connectivity index (χ4n) is 5.49. The Kier molecular flexibility index (Phi) is 5.35. The Morgan fingerprint density at radius 3 is 2.67 bits per heavy atom. The van der Waals surface area contributed by atoms with E-state index in [1.54, 1.807) is 0 Å². The predicted molar refractivity (Wildman–Crippen MR) is 110 cm³/mol. The molecule has 160 valence electrons. The molecule has 4 rings (SSSR count). The van der Waals surface area contributed by atoms with E-state index in [4.69, 9.17) is 10.00 Å². The maximum atomic E-state index is 13.0. The lowest BCUT2D eigenvalue weighted by molar-refractivity contribution is -0.128. The van der Waals surface area contributed by atoms with Gasteiger partial charge in [0, 0.05) is 18.7 Å². The topological polar surface area (TPSA) is 111 Å². The normalized spacial score (nSPS) is 28.3. The third-order valence-electron chi connectivity index (χ3n) is 7.45. The van der Waals surface area contributed by atoms with E-state index in [9.17, 15) is 14.7 Å². The predicted octanol–water partition coefficient (Wildman–Crippen LogP) is 2.72. The second kappa shape index (κ2) is 7.82. The van der Waals surface area contributed by atoms with Gasteiger partial charge in [0.2, 0.25) is 5.91 Å². The van der Waals surface area contributed by atoms with E-state index in [2.05, 4.69) is 17.6 Å². The van der Waals surface area contributed by atoms with Crippen molar-refractivity contribution in [2.75, 3.05) is 13.7 Å². The minimum Gasteiger partial charge on any atom is -0.507 e. The summed E-state index contributed by atoms with van der Waals surface area (Å²) in [7, 11) is 1.42. The highest BCUT2D eigenvalue weighted by Crippen LogP contribution is 2.49. The molecule has 1 aromatic carbocycles. The number of nitrogens with zero attached hydrogens (tertiary/aromatic N) is 1. The van der Waals surface area contributed by atoms with E-state index >= 15 is 0 Å². The monoisotopic (exact) mass is 411 g/mol. The lowest BCUT2D eigenvalue weighted by atomic mass is 9.70. The SMILES string of the molecule is COc1cc(C#N)c(O)cc1C(=O)N[C@@H]1[C@@H]2CC[C@@H](C2)[C@@H]1C(=O)NCC1(C)CCC1. The number of carbonyl (C=O) groups is 2. The molecule has 30 heavy (non-hydrogen) atoms. The van der Waals surface area contributed by atoms with Crippen LogP contribution < -0.4 is 15.4 Å². The van der Waals surface area contributed by atoms with Crippen molar-refractivity contribution in [1.29, 1.82) is 5.26 Å². The number of benzene rings is 1. The van der Waals surface area contributed by atoms with Crippen LogP contribution in [0.3, 0.4) is 0 Å². The maximum absolute atomic E-state index is 13.0. The van der Waals surface area contributed by atoms with E-state index < -0.39 is 5.91 Å². The number of phenolic OH excluding ortho intramolecular Hbond substituents is 1. The van der Waals surface area contributed by atoms with Gasteiger partial charge in [-0.2, -0.15) is 5.26 Å². The van der Waals surface area contributed by atoms with E-state index in [-0.39, 0.29) is 51.8 Å². The van der Waals surface area contributed by atoms with Crippen molar-refractivity contribution in [2.24, 2.45) is 23.2 Å². The number of methoxy groups -OCH3 is 1. The fourth-order valence-corrected chi connectivity index (χ4v) is 5.49. The van der Waals surface area contributed by atoms with Crippen molar-refractivity contribution in [3.05, 3.63) is 23.3 Å².